The summed E-state index contributed by atoms with van der Waals surface area (Å²) < 4.78 is 35.7. The number of fused-ring (bicyclic) bond motifs is 1. The predicted octanol–water partition coefficient (Wildman–Crippen LogP) is 2.80. The molecule has 0 aliphatic heterocycles. The predicted molar refractivity (Wildman–Crippen MR) is 103 cm³/mol. The number of aromatic nitrogens is 2. The molecule has 1 radical (unpaired) electrons. The number of aryl methyl sites for hydroxylation is 1. The Kier molecular flexibility index (Phi) is 6.15. The van der Waals surface area contributed by atoms with Gasteiger partial charge in [0, 0.05) is 16.7 Å². The van der Waals surface area contributed by atoms with Gasteiger partial charge >= 0.3 is 17.4 Å². The molecule has 11 heteroatoms. The van der Waals surface area contributed by atoms with Gasteiger partial charge in [0.25, 0.3) is 0 Å². The van der Waals surface area contributed by atoms with Crippen molar-refractivity contribution in [1.82, 2.24) is 9.78 Å². The third kappa shape index (κ3) is 4.17. The van der Waals surface area contributed by atoms with Crippen molar-refractivity contribution >= 4 is 32.3 Å². The first-order chi connectivity index (χ1) is 14.3. The second kappa shape index (κ2) is 8.49. The zero-order chi connectivity index (χ0) is 21.5. The Hall–Kier alpha value is -3.23. The van der Waals surface area contributed by atoms with E-state index in [0.29, 0.717) is 11.4 Å². The van der Waals surface area contributed by atoms with Crippen molar-refractivity contribution in [3.63, 3.8) is 0 Å². The van der Waals surface area contributed by atoms with Gasteiger partial charge in [0.05, 0.1) is 22.0 Å². The molecule has 31 heavy (non-hydrogen) atoms. The average Bonchev–Trinajstić information content (AvgIpc) is 3.00. The SMILES string of the molecule is Cc1nn(-c2ccccc2)c([O-])c1N=Nc1c([O-])cc(S(=O)(=O)[O-])c2ccccc12.[Cr+3]. The van der Waals surface area contributed by atoms with Crippen LogP contribution in [-0.4, -0.2) is 22.8 Å². The summed E-state index contributed by atoms with van der Waals surface area (Å²) in [4.78, 5) is -0.625. The number of rotatable bonds is 4. The number of hydrogen-bond acceptors (Lipinski definition) is 8. The van der Waals surface area contributed by atoms with Gasteiger partial charge in [0.15, 0.2) is 0 Å². The minimum atomic E-state index is -4.86. The topological polar surface area (TPSA) is 146 Å². The van der Waals surface area contributed by atoms with Gasteiger partial charge < -0.3 is 14.8 Å². The van der Waals surface area contributed by atoms with Crippen LogP contribution in [0.3, 0.4) is 0 Å². The fourth-order valence-electron chi connectivity index (χ4n) is 3.07. The summed E-state index contributed by atoms with van der Waals surface area (Å²) in [6.07, 6.45) is 0. The molecule has 0 saturated heterocycles. The van der Waals surface area contributed by atoms with Gasteiger partial charge in [0.2, 0.25) is 0 Å². The second-order valence-electron chi connectivity index (χ2n) is 6.41. The van der Waals surface area contributed by atoms with E-state index in [9.17, 15) is 23.2 Å². The van der Waals surface area contributed by atoms with Gasteiger partial charge in [-0.2, -0.15) is 10.2 Å². The molecule has 0 fully saturated rings. The molecule has 0 aliphatic carbocycles. The summed E-state index contributed by atoms with van der Waals surface area (Å²) in [5.41, 5.74) is 0.627. The number of benzene rings is 3. The Morgan fingerprint density at radius 1 is 0.903 bits per heavy atom. The van der Waals surface area contributed by atoms with Crippen LogP contribution in [0.1, 0.15) is 5.69 Å². The largest absolute Gasteiger partial charge is 3.00 e. The standard InChI is InChI=1S/C20H16N4O5S.Cr/c1-12-18(20(26)24(23-12)13-7-3-2-4-8-13)21-22-19-15-10-6-5-9-14(15)17(11-16(19)25)30(27,28)29;/h2-11,25-26H,1H3,(H,27,28,29);/q;+3/p-3. The maximum absolute atomic E-state index is 12.7. The van der Waals surface area contributed by atoms with Gasteiger partial charge in [0.1, 0.15) is 15.8 Å². The van der Waals surface area contributed by atoms with Crippen molar-refractivity contribution in [2.24, 2.45) is 10.2 Å². The van der Waals surface area contributed by atoms with Crippen molar-refractivity contribution in [2.75, 3.05) is 0 Å². The third-order valence-electron chi connectivity index (χ3n) is 4.45. The van der Waals surface area contributed by atoms with E-state index in [-0.39, 0.29) is 39.5 Å². The Bertz CT molecular complexity index is 1400. The Morgan fingerprint density at radius 2 is 1.48 bits per heavy atom. The second-order valence-corrected chi connectivity index (χ2v) is 7.76. The molecule has 3 aromatic carbocycles. The van der Waals surface area contributed by atoms with E-state index in [1.165, 1.54) is 22.9 Å². The van der Waals surface area contributed by atoms with Crippen molar-refractivity contribution in [1.29, 1.82) is 0 Å². The van der Waals surface area contributed by atoms with Crippen LogP contribution >= 0.6 is 0 Å². The van der Waals surface area contributed by atoms with Crippen molar-refractivity contribution in [3.05, 3.63) is 66.4 Å². The summed E-state index contributed by atoms with van der Waals surface area (Å²) in [5, 5.41) is 37.4. The van der Waals surface area contributed by atoms with Gasteiger partial charge in [-0.25, -0.2) is 13.1 Å². The first-order valence-electron chi connectivity index (χ1n) is 8.70. The molecule has 1 heterocycles. The average molecular weight is 473 g/mol. The number of nitrogens with zero attached hydrogens (tertiary/aromatic N) is 4. The molecule has 4 aromatic rings. The third-order valence-corrected chi connectivity index (χ3v) is 5.33. The maximum Gasteiger partial charge on any atom is 3.00 e. The first-order valence-corrected chi connectivity index (χ1v) is 10.1. The van der Waals surface area contributed by atoms with Crippen molar-refractivity contribution in [2.45, 2.75) is 11.8 Å². The van der Waals surface area contributed by atoms with Gasteiger partial charge in [-0.15, -0.1) is 5.11 Å². The molecule has 0 saturated carbocycles. The van der Waals surface area contributed by atoms with Crippen LogP contribution < -0.4 is 10.2 Å². The Labute approximate surface area is 188 Å². The fourth-order valence-corrected chi connectivity index (χ4v) is 3.77. The summed E-state index contributed by atoms with van der Waals surface area (Å²) in [6.45, 7) is 1.58. The smallest absolute Gasteiger partial charge is 0.871 e. The van der Waals surface area contributed by atoms with E-state index < -0.39 is 26.6 Å². The minimum absolute atomic E-state index is 0. The monoisotopic (exact) mass is 473 g/mol. The molecule has 0 amide bonds. The van der Waals surface area contributed by atoms with E-state index >= 15 is 0 Å². The van der Waals surface area contributed by atoms with Crippen LogP contribution in [0.4, 0.5) is 11.4 Å². The molecular weight excluding hydrogens is 460 g/mol. The molecule has 0 atom stereocenters. The normalized spacial score (nSPS) is 11.7. The van der Waals surface area contributed by atoms with Crippen molar-refractivity contribution in [3.8, 4) is 17.3 Å². The minimum Gasteiger partial charge on any atom is -0.871 e. The summed E-state index contributed by atoms with van der Waals surface area (Å²) in [6, 6.07) is 15.4. The molecule has 155 valence electrons. The molecule has 0 spiro atoms. The van der Waals surface area contributed by atoms with Crippen LogP contribution in [-0.2, 0) is 27.5 Å². The van der Waals surface area contributed by atoms with E-state index in [1.54, 1.807) is 43.3 Å². The van der Waals surface area contributed by atoms with Crippen LogP contribution in [0.5, 0.6) is 11.6 Å². The summed E-state index contributed by atoms with van der Waals surface area (Å²) in [5.74, 6) is -1.31. The molecule has 0 unspecified atom stereocenters. The number of para-hydroxylation sites is 1. The molecular formula is C20H13CrN4O5S. The van der Waals surface area contributed by atoms with Crippen LogP contribution in [0.15, 0.2) is 75.8 Å². The first kappa shape index (κ1) is 22.5. The quantitative estimate of drug-likeness (QED) is 0.329. The summed E-state index contributed by atoms with van der Waals surface area (Å²) in [7, 11) is -4.86. The zero-order valence-electron chi connectivity index (χ0n) is 15.9. The van der Waals surface area contributed by atoms with E-state index in [2.05, 4.69) is 15.3 Å². The number of azo groups is 1. The Morgan fingerprint density at radius 3 is 2.13 bits per heavy atom. The van der Waals surface area contributed by atoms with E-state index in [1.807, 2.05) is 0 Å². The molecule has 9 nitrogen and oxygen atoms in total. The van der Waals surface area contributed by atoms with Crippen LogP contribution in [0, 0.1) is 6.92 Å². The molecule has 0 N–H and O–H groups in total. The Balaban J connectivity index is 0.00000272. The van der Waals surface area contributed by atoms with Gasteiger partial charge in [-0.05, 0) is 25.1 Å². The van der Waals surface area contributed by atoms with Gasteiger partial charge in [-0.1, -0.05) is 48.2 Å². The van der Waals surface area contributed by atoms with Gasteiger partial charge in [-0.3, -0.25) is 0 Å². The molecule has 0 aliphatic rings. The molecule has 4 rings (SSSR count). The van der Waals surface area contributed by atoms with Crippen molar-refractivity contribution < 1.29 is 40.5 Å². The zero-order valence-corrected chi connectivity index (χ0v) is 18.0. The summed E-state index contributed by atoms with van der Waals surface area (Å²) >= 11 is 0. The fraction of sp³-hybridized carbons (Fsp3) is 0.0500. The van der Waals surface area contributed by atoms with E-state index in [0.717, 1.165) is 6.07 Å². The molecule has 0 bridgehead atoms. The number of hydrogen-bond donors (Lipinski definition) is 0. The van der Waals surface area contributed by atoms with E-state index in [4.69, 9.17) is 0 Å². The molecule has 1 aromatic heterocycles. The van der Waals surface area contributed by atoms with Crippen LogP contribution in [0.25, 0.3) is 16.5 Å². The van der Waals surface area contributed by atoms with Crippen LogP contribution in [0.2, 0.25) is 0 Å². The maximum atomic E-state index is 12.7.